The smallest absolute Gasteiger partial charge is 0.293 e. The van der Waals surface area contributed by atoms with Crippen LogP contribution in [-0.4, -0.2) is 23.3 Å². The molecule has 0 amide bonds. The largest absolute Gasteiger partial charge is 0.465 e. The lowest BCUT2D eigenvalue weighted by Gasteiger charge is -2.18. The van der Waals surface area contributed by atoms with Gasteiger partial charge in [-0.3, -0.25) is 4.79 Å². The maximum atomic E-state index is 10.1. The molecular weight excluding hydrogens is 216 g/mol. The maximum absolute atomic E-state index is 10.1. The first-order chi connectivity index (χ1) is 7.66. The van der Waals surface area contributed by atoms with Gasteiger partial charge in [0.2, 0.25) is 0 Å². The zero-order chi connectivity index (χ0) is 13.5. The fraction of sp³-hybridized carbons (Fsp3) is 0.571. The van der Waals surface area contributed by atoms with Crippen LogP contribution in [0.15, 0.2) is 0 Å². The van der Waals surface area contributed by atoms with E-state index in [1.165, 1.54) is 0 Å². The van der Waals surface area contributed by atoms with Gasteiger partial charge in [0.1, 0.15) is 11.7 Å². The standard InChI is InChI=1S/C14H21O3/c1-12(17-11-15)7-6-8-14(5,16)10-9-13(2,3)4/h6-8,11-12,16H,1-5H3/t12-,14+/m1/s1. The lowest BCUT2D eigenvalue weighted by Crippen LogP contribution is -2.24. The normalized spacial score (nSPS) is 16.4. The zero-order valence-corrected chi connectivity index (χ0v) is 11.2. The van der Waals surface area contributed by atoms with Crippen LogP contribution < -0.4 is 0 Å². The highest BCUT2D eigenvalue weighted by Crippen LogP contribution is 2.15. The van der Waals surface area contributed by atoms with Crippen molar-refractivity contribution >= 4 is 6.47 Å². The number of aliphatic hydroxyl groups is 1. The van der Waals surface area contributed by atoms with Crippen LogP contribution in [0, 0.1) is 36.5 Å². The van der Waals surface area contributed by atoms with Crippen LogP contribution in [0.1, 0.15) is 34.6 Å². The number of carbonyl (C=O) groups excluding carboxylic acids is 1. The van der Waals surface area contributed by atoms with Gasteiger partial charge in [-0.1, -0.05) is 11.8 Å². The van der Waals surface area contributed by atoms with Crippen LogP contribution in [0.5, 0.6) is 0 Å². The SMILES string of the molecule is C[C@H]([CH][CH][CH][C@](C)(O)C#CC(C)(C)C)OC=O. The Morgan fingerprint density at radius 1 is 1.24 bits per heavy atom. The molecule has 95 valence electrons. The van der Waals surface area contributed by atoms with Gasteiger partial charge in [-0.25, -0.2) is 0 Å². The van der Waals surface area contributed by atoms with Crippen molar-refractivity contribution < 1.29 is 14.6 Å². The maximum Gasteiger partial charge on any atom is 0.293 e. The fourth-order valence-electron chi connectivity index (χ4n) is 0.888. The Morgan fingerprint density at radius 3 is 2.29 bits per heavy atom. The molecule has 0 aliphatic heterocycles. The molecule has 3 radical (unpaired) electrons. The Labute approximate surface area is 105 Å². The van der Waals surface area contributed by atoms with Gasteiger partial charge in [0, 0.05) is 18.3 Å². The minimum atomic E-state index is -1.18. The lowest BCUT2D eigenvalue weighted by molar-refractivity contribution is -0.131. The van der Waals surface area contributed by atoms with Crippen molar-refractivity contribution in [3.05, 3.63) is 19.3 Å². The highest BCUT2D eigenvalue weighted by Gasteiger charge is 2.18. The van der Waals surface area contributed by atoms with E-state index in [1.807, 2.05) is 20.8 Å². The van der Waals surface area contributed by atoms with E-state index in [-0.39, 0.29) is 11.5 Å². The monoisotopic (exact) mass is 237 g/mol. The molecule has 0 aromatic rings. The summed E-state index contributed by atoms with van der Waals surface area (Å²) in [5.74, 6) is 5.77. The molecular formula is C14H21O3. The van der Waals surface area contributed by atoms with Gasteiger partial charge in [0.15, 0.2) is 0 Å². The zero-order valence-electron chi connectivity index (χ0n) is 11.2. The van der Waals surface area contributed by atoms with Crippen LogP contribution in [0.25, 0.3) is 0 Å². The fourth-order valence-corrected chi connectivity index (χ4v) is 0.888. The predicted octanol–water partition coefficient (Wildman–Crippen LogP) is 1.96. The summed E-state index contributed by atoms with van der Waals surface area (Å²) in [7, 11) is 0. The first-order valence-electron chi connectivity index (χ1n) is 5.55. The Morgan fingerprint density at radius 2 is 1.82 bits per heavy atom. The van der Waals surface area contributed by atoms with Crippen molar-refractivity contribution in [2.24, 2.45) is 5.41 Å². The molecule has 0 saturated carbocycles. The van der Waals surface area contributed by atoms with Crippen LogP contribution in [0.2, 0.25) is 0 Å². The summed E-state index contributed by atoms with van der Waals surface area (Å²) < 4.78 is 4.67. The van der Waals surface area contributed by atoms with Gasteiger partial charge in [-0.2, -0.15) is 0 Å². The molecule has 0 unspecified atom stereocenters. The van der Waals surface area contributed by atoms with Gasteiger partial charge in [0.25, 0.3) is 6.47 Å². The summed E-state index contributed by atoms with van der Waals surface area (Å²) >= 11 is 0. The number of carbonyl (C=O) groups is 1. The molecule has 0 heterocycles. The summed E-state index contributed by atoms with van der Waals surface area (Å²) in [5, 5.41) is 9.93. The van der Waals surface area contributed by atoms with Crippen molar-refractivity contribution in [3.8, 4) is 11.8 Å². The molecule has 0 aliphatic carbocycles. The molecule has 3 nitrogen and oxygen atoms in total. The molecule has 0 aromatic heterocycles. The summed E-state index contributed by atoms with van der Waals surface area (Å²) in [5.41, 5.74) is -1.32. The molecule has 3 heteroatoms. The second-order valence-corrected chi connectivity index (χ2v) is 5.14. The van der Waals surface area contributed by atoms with Crippen molar-refractivity contribution in [2.75, 3.05) is 0 Å². The molecule has 0 aliphatic rings. The third-order valence-corrected chi connectivity index (χ3v) is 1.76. The van der Waals surface area contributed by atoms with Crippen LogP contribution in [0.3, 0.4) is 0 Å². The average Bonchev–Trinajstić information content (AvgIpc) is 2.14. The van der Waals surface area contributed by atoms with Gasteiger partial charge in [-0.05, 0) is 41.0 Å². The van der Waals surface area contributed by atoms with Gasteiger partial charge in [-0.15, -0.1) is 0 Å². The second kappa shape index (κ2) is 6.66. The molecule has 1 N–H and O–H groups in total. The van der Waals surface area contributed by atoms with Gasteiger partial charge in [0.05, 0.1) is 0 Å². The first-order valence-corrected chi connectivity index (χ1v) is 5.55. The van der Waals surface area contributed by atoms with E-state index in [2.05, 4.69) is 16.6 Å². The minimum absolute atomic E-state index is 0.143. The van der Waals surface area contributed by atoms with Crippen LogP contribution >= 0.6 is 0 Å². The number of ether oxygens (including phenoxy) is 1. The van der Waals surface area contributed by atoms with E-state index < -0.39 is 5.60 Å². The van der Waals surface area contributed by atoms with E-state index in [0.717, 1.165) is 0 Å². The molecule has 0 spiro atoms. The third-order valence-electron chi connectivity index (χ3n) is 1.76. The van der Waals surface area contributed by atoms with E-state index in [4.69, 9.17) is 0 Å². The topological polar surface area (TPSA) is 46.5 Å². The average molecular weight is 237 g/mol. The number of hydrogen-bond donors (Lipinski definition) is 1. The highest BCUT2D eigenvalue weighted by atomic mass is 16.5. The molecule has 0 fully saturated rings. The van der Waals surface area contributed by atoms with Crippen LogP contribution in [0.4, 0.5) is 0 Å². The van der Waals surface area contributed by atoms with Crippen molar-refractivity contribution in [2.45, 2.75) is 46.3 Å². The summed E-state index contributed by atoms with van der Waals surface area (Å²) in [4.78, 5) is 10.1. The lowest BCUT2D eigenvalue weighted by atomic mass is 9.93. The highest BCUT2D eigenvalue weighted by molar-refractivity contribution is 5.38. The predicted molar refractivity (Wildman–Crippen MR) is 67.4 cm³/mol. The summed E-state index contributed by atoms with van der Waals surface area (Å²) in [6.45, 7) is 9.67. The first kappa shape index (κ1) is 16.0. The molecule has 0 saturated heterocycles. The number of rotatable bonds is 6. The molecule has 0 rings (SSSR count). The summed E-state index contributed by atoms with van der Waals surface area (Å²) in [6.07, 6.45) is 4.57. The molecule has 2 atom stereocenters. The van der Waals surface area contributed by atoms with E-state index in [0.29, 0.717) is 6.47 Å². The second-order valence-electron chi connectivity index (χ2n) is 5.14. The molecule has 0 bridgehead atoms. The molecule has 0 aromatic carbocycles. The Balaban J connectivity index is 4.09. The summed E-state index contributed by atoms with van der Waals surface area (Å²) in [6, 6.07) is 0. The molecule has 17 heavy (non-hydrogen) atoms. The third kappa shape index (κ3) is 9.89. The Hall–Kier alpha value is -1.01. The van der Waals surface area contributed by atoms with E-state index in [9.17, 15) is 9.90 Å². The van der Waals surface area contributed by atoms with Crippen molar-refractivity contribution in [1.82, 2.24) is 0 Å². The minimum Gasteiger partial charge on any atom is -0.465 e. The Kier molecular flexibility index (Phi) is 6.26. The van der Waals surface area contributed by atoms with Crippen molar-refractivity contribution in [3.63, 3.8) is 0 Å². The van der Waals surface area contributed by atoms with Gasteiger partial charge < -0.3 is 9.84 Å². The van der Waals surface area contributed by atoms with Crippen LogP contribution in [-0.2, 0) is 9.53 Å². The Bertz CT molecular complexity index is 289. The van der Waals surface area contributed by atoms with E-state index in [1.54, 1.807) is 33.1 Å². The van der Waals surface area contributed by atoms with Gasteiger partial charge >= 0.3 is 0 Å². The number of hydrogen-bond acceptors (Lipinski definition) is 3. The van der Waals surface area contributed by atoms with E-state index >= 15 is 0 Å². The quantitative estimate of drug-likeness (QED) is 0.567. The van der Waals surface area contributed by atoms with Crippen molar-refractivity contribution in [1.29, 1.82) is 0 Å².